The lowest BCUT2D eigenvalue weighted by Gasteiger charge is -2.38. The Hall–Kier alpha value is -1.28. The van der Waals surface area contributed by atoms with Crippen LogP contribution in [-0.4, -0.2) is 10.7 Å². The number of fused-ring (bicyclic) bond motifs is 1. The number of hydrogen-bond donors (Lipinski definition) is 1. The highest BCUT2D eigenvalue weighted by atomic mass is 16.5. The molecule has 2 nitrogen and oxygen atoms in total. The molecule has 0 radical (unpaired) electrons. The summed E-state index contributed by atoms with van der Waals surface area (Å²) in [6.07, 6.45) is 2.08. The lowest BCUT2D eigenvalue weighted by Crippen LogP contribution is -2.42. The number of benzene rings is 1. The molecule has 0 saturated carbocycles. The molecular formula is C12H15NO. The van der Waals surface area contributed by atoms with E-state index >= 15 is 0 Å². The van der Waals surface area contributed by atoms with Crippen molar-refractivity contribution < 1.29 is 5.21 Å². The van der Waals surface area contributed by atoms with Gasteiger partial charge >= 0.3 is 0 Å². The molecule has 1 N–H and O–H groups in total. The average molecular weight is 189 g/mol. The van der Waals surface area contributed by atoms with Gasteiger partial charge in [0.1, 0.15) is 0 Å². The van der Waals surface area contributed by atoms with Gasteiger partial charge in [-0.2, -0.15) is 0 Å². The molecule has 0 bridgehead atoms. The third kappa shape index (κ3) is 1.23. The van der Waals surface area contributed by atoms with E-state index in [4.69, 9.17) is 0 Å². The molecule has 1 aliphatic heterocycles. The molecule has 0 spiro atoms. The summed E-state index contributed by atoms with van der Waals surface area (Å²) in [6, 6.07) is 7.90. The third-order valence-electron chi connectivity index (χ3n) is 2.67. The molecule has 0 saturated heterocycles. The predicted octanol–water partition coefficient (Wildman–Crippen LogP) is 3.08. The molecule has 1 aromatic carbocycles. The van der Waals surface area contributed by atoms with Gasteiger partial charge in [0.15, 0.2) is 0 Å². The first-order valence-corrected chi connectivity index (χ1v) is 4.80. The summed E-state index contributed by atoms with van der Waals surface area (Å²) in [7, 11) is 0. The van der Waals surface area contributed by atoms with Gasteiger partial charge in [0.25, 0.3) is 0 Å². The molecule has 0 aromatic heterocycles. The van der Waals surface area contributed by atoms with E-state index < -0.39 is 0 Å². The zero-order chi connectivity index (χ0) is 10.3. The SMILES string of the molecule is CC1=CC(C)(C)N(O)c2ccccc21. The largest absolute Gasteiger partial charge is 0.288 e. The van der Waals surface area contributed by atoms with Gasteiger partial charge in [0.2, 0.25) is 0 Å². The minimum absolute atomic E-state index is 0.321. The van der Waals surface area contributed by atoms with Gasteiger partial charge in [-0.15, -0.1) is 0 Å². The van der Waals surface area contributed by atoms with E-state index in [0.717, 1.165) is 11.3 Å². The van der Waals surface area contributed by atoms with Gasteiger partial charge in [-0.25, -0.2) is 5.06 Å². The van der Waals surface area contributed by atoms with Crippen LogP contribution in [0.4, 0.5) is 5.69 Å². The molecule has 74 valence electrons. The van der Waals surface area contributed by atoms with Crippen LogP contribution in [0.5, 0.6) is 0 Å². The average Bonchev–Trinajstić information content (AvgIpc) is 2.14. The lowest BCUT2D eigenvalue weighted by molar-refractivity contribution is 0.194. The van der Waals surface area contributed by atoms with Crippen LogP contribution in [0.2, 0.25) is 0 Å². The second-order valence-corrected chi connectivity index (χ2v) is 4.31. The van der Waals surface area contributed by atoms with Gasteiger partial charge < -0.3 is 0 Å². The maximum Gasteiger partial charge on any atom is 0.0801 e. The van der Waals surface area contributed by atoms with E-state index in [1.807, 2.05) is 38.1 Å². The van der Waals surface area contributed by atoms with E-state index in [9.17, 15) is 5.21 Å². The summed E-state index contributed by atoms with van der Waals surface area (Å²) in [5.41, 5.74) is 2.89. The van der Waals surface area contributed by atoms with Gasteiger partial charge in [-0.1, -0.05) is 24.3 Å². The van der Waals surface area contributed by atoms with Gasteiger partial charge in [-0.05, 0) is 32.4 Å². The monoisotopic (exact) mass is 189 g/mol. The van der Waals surface area contributed by atoms with Crippen molar-refractivity contribution in [1.82, 2.24) is 0 Å². The summed E-state index contributed by atoms with van der Waals surface area (Å²) in [4.78, 5) is 0. The zero-order valence-corrected chi connectivity index (χ0v) is 8.78. The Kier molecular flexibility index (Phi) is 1.89. The zero-order valence-electron chi connectivity index (χ0n) is 8.78. The van der Waals surface area contributed by atoms with Crippen molar-refractivity contribution in [3.63, 3.8) is 0 Å². The number of rotatable bonds is 0. The molecule has 2 heteroatoms. The molecular weight excluding hydrogens is 174 g/mol. The highest BCUT2D eigenvalue weighted by molar-refractivity contribution is 5.79. The fourth-order valence-corrected chi connectivity index (χ4v) is 1.97. The molecule has 0 amide bonds. The molecule has 2 rings (SSSR count). The van der Waals surface area contributed by atoms with Crippen molar-refractivity contribution in [1.29, 1.82) is 0 Å². The van der Waals surface area contributed by atoms with Crippen LogP contribution in [0.25, 0.3) is 5.57 Å². The van der Waals surface area contributed by atoms with Gasteiger partial charge in [-0.3, -0.25) is 5.21 Å². The van der Waals surface area contributed by atoms with Crippen LogP contribution in [0.3, 0.4) is 0 Å². The van der Waals surface area contributed by atoms with Crippen molar-refractivity contribution in [3.8, 4) is 0 Å². The Bertz CT molecular complexity index is 393. The predicted molar refractivity (Wildman–Crippen MR) is 58.4 cm³/mol. The molecule has 0 unspecified atom stereocenters. The molecule has 0 fully saturated rings. The van der Waals surface area contributed by atoms with Crippen molar-refractivity contribution >= 4 is 11.3 Å². The Labute approximate surface area is 84.4 Å². The van der Waals surface area contributed by atoms with E-state index in [-0.39, 0.29) is 5.54 Å². The quantitative estimate of drug-likeness (QED) is 0.678. The molecule has 1 heterocycles. The Morgan fingerprint density at radius 1 is 1.21 bits per heavy atom. The fourth-order valence-electron chi connectivity index (χ4n) is 1.97. The summed E-state index contributed by atoms with van der Waals surface area (Å²) in [5, 5.41) is 11.3. The number of hydroxylamine groups is 1. The van der Waals surface area contributed by atoms with Crippen molar-refractivity contribution in [2.45, 2.75) is 26.3 Å². The Balaban J connectivity index is 2.63. The van der Waals surface area contributed by atoms with E-state index in [2.05, 4.69) is 13.0 Å². The first kappa shape index (κ1) is 9.28. The van der Waals surface area contributed by atoms with Crippen molar-refractivity contribution in [3.05, 3.63) is 35.9 Å². The molecule has 0 atom stereocenters. The smallest absolute Gasteiger partial charge is 0.0801 e. The van der Waals surface area contributed by atoms with Crippen molar-refractivity contribution in [2.24, 2.45) is 0 Å². The van der Waals surface area contributed by atoms with Crippen LogP contribution in [0.1, 0.15) is 26.3 Å². The van der Waals surface area contributed by atoms with E-state index in [1.54, 1.807) is 0 Å². The van der Waals surface area contributed by atoms with Gasteiger partial charge in [0.05, 0.1) is 11.2 Å². The highest BCUT2D eigenvalue weighted by Gasteiger charge is 2.29. The van der Waals surface area contributed by atoms with Crippen LogP contribution < -0.4 is 5.06 Å². The number of hydrogen-bond acceptors (Lipinski definition) is 2. The number of anilines is 1. The van der Waals surface area contributed by atoms with Crippen LogP contribution in [0.15, 0.2) is 30.3 Å². The number of allylic oxidation sites excluding steroid dienone is 1. The van der Waals surface area contributed by atoms with Crippen molar-refractivity contribution in [2.75, 3.05) is 5.06 Å². The Morgan fingerprint density at radius 2 is 1.86 bits per heavy atom. The minimum atomic E-state index is -0.321. The summed E-state index contributed by atoms with van der Waals surface area (Å²) < 4.78 is 0. The maximum atomic E-state index is 10.00. The topological polar surface area (TPSA) is 23.5 Å². The first-order chi connectivity index (χ1) is 6.52. The highest BCUT2D eigenvalue weighted by Crippen LogP contribution is 2.36. The van der Waals surface area contributed by atoms with Crippen LogP contribution in [0, 0.1) is 0 Å². The standard InChI is InChI=1S/C12H15NO/c1-9-8-12(2,3)13(14)11-7-5-4-6-10(9)11/h4-8,14H,1-3H3. The van der Waals surface area contributed by atoms with Crippen LogP contribution >= 0.6 is 0 Å². The maximum absolute atomic E-state index is 10.00. The number of nitrogens with zero attached hydrogens (tertiary/aromatic N) is 1. The molecule has 14 heavy (non-hydrogen) atoms. The summed E-state index contributed by atoms with van der Waals surface area (Å²) >= 11 is 0. The van der Waals surface area contributed by atoms with E-state index in [0.29, 0.717) is 0 Å². The van der Waals surface area contributed by atoms with E-state index in [1.165, 1.54) is 10.6 Å². The second kappa shape index (κ2) is 2.85. The Morgan fingerprint density at radius 3 is 2.57 bits per heavy atom. The normalized spacial score (nSPS) is 18.9. The van der Waals surface area contributed by atoms with Crippen LogP contribution in [-0.2, 0) is 0 Å². The molecule has 1 aromatic rings. The fraction of sp³-hybridized carbons (Fsp3) is 0.333. The molecule has 0 aliphatic carbocycles. The summed E-state index contributed by atoms with van der Waals surface area (Å²) in [5.74, 6) is 0. The third-order valence-corrected chi connectivity index (χ3v) is 2.67. The lowest BCUT2D eigenvalue weighted by atomic mass is 9.91. The molecule has 1 aliphatic rings. The van der Waals surface area contributed by atoms with Gasteiger partial charge in [0, 0.05) is 5.56 Å². The minimum Gasteiger partial charge on any atom is -0.288 e. The second-order valence-electron chi connectivity index (χ2n) is 4.31. The summed E-state index contributed by atoms with van der Waals surface area (Å²) in [6.45, 7) is 6.06. The first-order valence-electron chi connectivity index (χ1n) is 4.80. The number of para-hydroxylation sites is 1.